The van der Waals surface area contributed by atoms with Gasteiger partial charge in [0.15, 0.2) is 0 Å². The number of carbonyl (C=O) groups excluding carboxylic acids is 2. The molecular formula is C40H34Cl2N2O7. The Morgan fingerprint density at radius 1 is 0.725 bits per heavy atom. The highest BCUT2D eigenvalue weighted by molar-refractivity contribution is 6.42. The second-order valence-corrected chi connectivity index (χ2v) is 12.7. The summed E-state index contributed by atoms with van der Waals surface area (Å²) in [5, 5.41) is 13.6. The van der Waals surface area contributed by atoms with Crippen LogP contribution in [0.3, 0.4) is 0 Å². The minimum Gasteiger partial charge on any atom is -0.489 e. The van der Waals surface area contributed by atoms with Crippen LogP contribution in [0.5, 0.6) is 17.2 Å². The number of esters is 1. The number of benzene rings is 5. The van der Waals surface area contributed by atoms with Gasteiger partial charge in [-0.3, -0.25) is 14.5 Å². The first kappa shape index (κ1) is 35.3. The molecule has 0 fully saturated rings. The normalized spacial score (nSPS) is 13.5. The molecule has 5 aromatic carbocycles. The topological polar surface area (TPSA) is 114 Å². The van der Waals surface area contributed by atoms with Crippen molar-refractivity contribution in [2.24, 2.45) is 0 Å². The van der Waals surface area contributed by atoms with E-state index in [1.165, 1.54) is 0 Å². The Balaban J connectivity index is 1.03. The largest absolute Gasteiger partial charge is 0.489 e. The Hall–Kier alpha value is -5.51. The van der Waals surface area contributed by atoms with Gasteiger partial charge in [0.2, 0.25) is 5.91 Å². The maximum atomic E-state index is 13.5. The number of nitrogens with zero attached hydrogens (tertiary/aromatic N) is 1. The molecule has 1 heterocycles. The lowest BCUT2D eigenvalue weighted by atomic mass is 9.92. The monoisotopic (exact) mass is 724 g/mol. The number of carboxylic acid groups (broad SMARTS) is 1. The lowest BCUT2D eigenvalue weighted by Crippen LogP contribution is -2.47. The zero-order valence-corrected chi connectivity index (χ0v) is 28.9. The number of ether oxygens (including phenoxy) is 3. The Morgan fingerprint density at radius 3 is 2.10 bits per heavy atom. The van der Waals surface area contributed by atoms with E-state index in [4.69, 9.17) is 37.4 Å². The Bertz CT molecular complexity index is 2000. The minimum absolute atomic E-state index is 0.0254. The molecule has 6 rings (SSSR count). The first-order chi connectivity index (χ1) is 24.7. The first-order valence-corrected chi connectivity index (χ1v) is 17.0. The standard InChI is InChI=1S/C40H34Cl2N2O7/c41-35-17-8-27(22-36(35)42)25-49-31-12-6-26(7-13-31)24-50-33-16-11-30-19-21-44(40(47)48)38(34(30)23-33)39(46)43-20-18-37(45)51-32-14-9-29(10-15-32)28-4-2-1-3-5-28/h1-17,22-23,38H,18-21,24-25H2,(H,43,46)(H,47,48)/t38-/m0/s1. The third-order valence-corrected chi connectivity index (χ3v) is 9.12. The van der Waals surface area contributed by atoms with Crippen LogP contribution in [0, 0.1) is 0 Å². The number of halogens is 2. The van der Waals surface area contributed by atoms with Crippen LogP contribution in [0.25, 0.3) is 11.1 Å². The molecule has 0 spiro atoms. The number of fused-ring (bicyclic) bond motifs is 1. The second-order valence-electron chi connectivity index (χ2n) is 11.9. The molecule has 0 radical (unpaired) electrons. The maximum Gasteiger partial charge on any atom is 0.408 e. The van der Waals surface area contributed by atoms with Crippen LogP contribution in [-0.4, -0.2) is 41.1 Å². The molecule has 11 heteroatoms. The summed E-state index contributed by atoms with van der Waals surface area (Å²) in [6.07, 6.45) is -0.863. The van der Waals surface area contributed by atoms with E-state index in [1.807, 2.05) is 78.9 Å². The number of rotatable bonds is 12. The van der Waals surface area contributed by atoms with E-state index >= 15 is 0 Å². The molecule has 0 aromatic heterocycles. The van der Waals surface area contributed by atoms with Crippen molar-refractivity contribution in [3.63, 3.8) is 0 Å². The number of hydrogen-bond acceptors (Lipinski definition) is 6. The third-order valence-electron chi connectivity index (χ3n) is 8.38. The summed E-state index contributed by atoms with van der Waals surface area (Å²) in [5.74, 6) is 0.490. The summed E-state index contributed by atoms with van der Waals surface area (Å²) in [5.41, 5.74) is 5.19. The third kappa shape index (κ3) is 9.19. The molecule has 51 heavy (non-hydrogen) atoms. The highest BCUT2D eigenvalue weighted by atomic mass is 35.5. The summed E-state index contributed by atoms with van der Waals surface area (Å²) >= 11 is 12.1. The van der Waals surface area contributed by atoms with Gasteiger partial charge in [-0.1, -0.05) is 89.9 Å². The van der Waals surface area contributed by atoms with E-state index in [2.05, 4.69) is 5.32 Å². The van der Waals surface area contributed by atoms with Crippen molar-refractivity contribution >= 4 is 41.2 Å². The van der Waals surface area contributed by atoms with Crippen molar-refractivity contribution in [3.05, 3.63) is 148 Å². The summed E-state index contributed by atoms with van der Waals surface area (Å²) in [7, 11) is 0. The molecule has 0 saturated heterocycles. The second kappa shape index (κ2) is 16.5. The summed E-state index contributed by atoms with van der Waals surface area (Å²) in [4.78, 5) is 39.3. The molecule has 2 N–H and O–H groups in total. The summed E-state index contributed by atoms with van der Waals surface area (Å²) in [6, 6.07) is 34.0. The van der Waals surface area contributed by atoms with E-state index in [1.54, 1.807) is 36.4 Å². The summed E-state index contributed by atoms with van der Waals surface area (Å²) < 4.78 is 17.4. The Kier molecular flexibility index (Phi) is 11.4. The quantitative estimate of drug-likeness (QED) is 0.0980. The van der Waals surface area contributed by atoms with Gasteiger partial charge in [0.05, 0.1) is 16.5 Å². The molecular weight excluding hydrogens is 691 g/mol. The zero-order valence-electron chi connectivity index (χ0n) is 27.4. The fourth-order valence-corrected chi connectivity index (χ4v) is 6.05. The van der Waals surface area contributed by atoms with Gasteiger partial charge in [0.1, 0.15) is 36.5 Å². The SMILES string of the molecule is O=C(CCNC(=O)[C@@H]1c2cc(OCc3ccc(OCc4ccc(Cl)c(Cl)c4)cc3)ccc2CCN1C(=O)O)Oc1ccc(-c2ccccc2)cc1. The molecule has 9 nitrogen and oxygen atoms in total. The van der Waals surface area contributed by atoms with E-state index in [-0.39, 0.29) is 26.1 Å². The highest BCUT2D eigenvalue weighted by Gasteiger charge is 2.36. The number of amides is 2. The molecule has 0 saturated carbocycles. The van der Waals surface area contributed by atoms with Crippen LogP contribution in [0.15, 0.2) is 115 Å². The van der Waals surface area contributed by atoms with Gasteiger partial charge in [-0.05, 0) is 88.3 Å². The van der Waals surface area contributed by atoms with Crippen LogP contribution < -0.4 is 19.5 Å². The molecule has 260 valence electrons. The molecule has 1 aliphatic heterocycles. The van der Waals surface area contributed by atoms with Gasteiger partial charge in [0.25, 0.3) is 0 Å². The van der Waals surface area contributed by atoms with Crippen molar-refractivity contribution in [1.82, 2.24) is 10.2 Å². The van der Waals surface area contributed by atoms with Crippen molar-refractivity contribution in [2.75, 3.05) is 13.1 Å². The molecule has 0 bridgehead atoms. The van der Waals surface area contributed by atoms with Gasteiger partial charge in [-0.15, -0.1) is 0 Å². The molecule has 0 unspecified atom stereocenters. The van der Waals surface area contributed by atoms with Crippen LogP contribution >= 0.6 is 23.2 Å². The number of nitrogens with one attached hydrogen (secondary N) is 1. The highest BCUT2D eigenvalue weighted by Crippen LogP contribution is 2.33. The van der Waals surface area contributed by atoms with Gasteiger partial charge < -0.3 is 24.6 Å². The Labute approximate surface area is 305 Å². The van der Waals surface area contributed by atoms with Crippen LogP contribution in [0.4, 0.5) is 4.79 Å². The average molecular weight is 726 g/mol. The smallest absolute Gasteiger partial charge is 0.408 e. The first-order valence-electron chi connectivity index (χ1n) is 16.3. The lowest BCUT2D eigenvalue weighted by Gasteiger charge is -2.34. The molecule has 5 aromatic rings. The Morgan fingerprint density at radius 2 is 1.37 bits per heavy atom. The van der Waals surface area contributed by atoms with Gasteiger partial charge >= 0.3 is 12.1 Å². The fourth-order valence-electron chi connectivity index (χ4n) is 5.73. The van der Waals surface area contributed by atoms with Crippen molar-refractivity contribution in [3.8, 4) is 28.4 Å². The van der Waals surface area contributed by atoms with E-state index < -0.39 is 24.0 Å². The van der Waals surface area contributed by atoms with Crippen LogP contribution in [-0.2, 0) is 29.2 Å². The van der Waals surface area contributed by atoms with Crippen LogP contribution in [0.2, 0.25) is 10.0 Å². The molecule has 2 amide bonds. The van der Waals surface area contributed by atoms with E-state index in [0.29, 0.717) is 45.9 Å². The van der Waals surface area contributed by atoms with Crippen LogP contribution in [0.1, 0.15) is 34.7 Å². The lowest BCUT2D eigenvalue weighted by molar-refractivity contribution is -0.134. The van der Waals surface area contributed by atoms with E-state index in [0.717, 1.165) is 32.7 Å². The van der Waals surface area contributed by atoms with Gasteiger partial charge in [-0.25, -0.2) is 4.79 Å². The van der Waals surface area contributed by atoms with Crippen molar-refractivity contribution in [2.45, 2.75) is 32.1 Å². The van der Waals surface area contributed by atoms with E-state index in [9.17, 15) is 19.5 Å². The van der Waals surface area contributed by atoms with Crippen molar-refractivity contribution in [1.29, 1.82) is 0 Å². The predicted molar refractivity (Wildman–Crippen MR) is 194 cm³/mol. The number of hydrogen-bond donors (Lipinski definition) is 2. The molecule has 1 aliphatic rings. The average Bonchev–Trinajstić information content (AvgIpc) is 3.14. The number of carbonyl (C=O) groups is 3. The molecule has 0 aliphatic carbocycles. The zero-order chi connectivity index (χ0) is 35.7. The predicted octanol–water partition coefficient (Wildman–Crippen LogP) is 8.51. The maximum absolute atomic E-state index is 13.5. The van der Waals surface area contributed by atoms with Gasteiger partial charge in [0, 0.05) is 13.1 Å². The summed E-state index contributed by atoms with van der Waals surface area (Å²) in [6.45, 7) is 0.698. The molecule has 1 atom stereocenters. The van der Waals surface area contributed by atoms with Crippen molar-refractivity contribution < 1.29 is 33.7 Å². The minimum atomic E-state index is -1.22. The fraction of sp³-hybridized carbons (Fsp3) is 0.175. The van der Waals surface area contributed by atoms with Gasteiger partial charge in [-0.2, -0.15) is 0 Å².